The molecule has 0 fully saturated rings. The van der Waals surface area contributed by atoms with Gasteiger partial charge in [-0.2, -0.15) is 0 Å². The summed E-state index contributed by atoms with van der Waals surface area (Å²) >= 11 is 0. The predicted octanol–water partition coefficient (Wildman–Crippen LogP) is 2.89. The van der Waals surface area contributed by atoms with Gasteiger partial charge in [0.25, 0.3) is 0 Å². The van der Waals surface area contributed by atoms with Crippen LogP contribution in [-0.2, 0) is 4.79 Å². The summed E-state index contributed by atoms with van der Waals surface area (Å²) in [6, 6.07) is 14.5. The molecule has 0 aliphatic heterocycles. The smallest absolute Gasteiger partial charge is 0.315 e. The van der Waals surface area contributed by atoms with Gasteiger partial charge in [0.15, 0.2) is 0 Å². The van der Waals surface area contributed by atoms with Crippen molar-refractivity contribution in [1.82, 2.24) is 0 Å². The first kappa shape index (κ1) is 12.7. The monoisotopic (exact) mass is 252 g/mol. The Morgan fingerprint density at radius 1 is 0.947 bits per heavy atom. The molecule has 0 atom stereocenters. The van der Waals surface area contributed by atoms with Gasteiger partial charge < -0.3 is 10.2 Å². The number of aromatic hydroxyl groups is 1. The normalized spacial score (nSPS) is 9.47. The molecule has 0 unspecified atom stereocenters. The van der Waals surface area contributed by atoms with E-state index in [1.54, 1.807) is 12.1 Å². The number of phenols is 1. The van der Waals surface area contributed by atoms with Gasteiger partial charge in [0.1, 0.15) is 12.2 Å². The summed E-state index contributed by atoms with van der Waals surface area (Å²) in [5.74, 6) is 4.69. The Bertz CT molecular complexity index is 628. The Kier molecular flexibility index (Phi) is 3.84. The average molecular weight is 252 g/mol. The first-order valence-corrected chi connectivity index (χ1v) is 5.75. The van der Waals surface area contributed by atoms with Gasteiger partial charge >= 0.3 is 5.97 Å². The minimum Gasteiger partial charge on any atom is -0.508 e. The maximum Gasteiger partial charge on any atom is 0.315 e. The number of benzene rings is 2. The zero-order valence-corrected chi connectivity index (χ0v) is 10.1. The van der Waals surface area contributed by atoms with E-state index in [1.165, 1.54) is 0 Å². The molecule has 19 heavy (non-hydrogen) atoms. The quantitative estimate of drug-likeness (QED) is 0.808. The zero-order chi connectivity index (χ0) is 13.7. The largest absolute Gasteiger partial charge is 0.508 e. The van der Waals surface area contributed by atoms with Gasteiger partial charge in [0, 0.05) is 5.56 Å². The van der Waals surface area contributed by atoms with Crippen LogP contribution in [0.5, 0.6) is 5.75 Å². The lowest BCUT2D eigenvalue weighted by atomic mass is 10.0. The highest BCUT2D eigenvalue weighted by atomic mass is 16.4. The Balaban J connectivity index is 2.15. The van der Waals surface area contributed by atoms with E-state index < -0.39 is 5.97 Å². The van der Waals surface area contributed by atoms with Crippen LogP contribution in [0, 0.1) is 11.8 Å². The molecule has 0 aliphatic rings. The molecule has 2 rings (SSSR count). The summed E-state index contributed by atoms with van der Waals surface area (Å²) in [5, 5.41) is 17.7. The van der Waals surface area contributed by atoms with Gasteiger partial charge in [-0.05, 0) is 35.4 Å². The third-order valence-corrected chi connectivity index (χ3v) is 2.56. The molecule has 3 nitrogen and oxygen atoms in total. The van der Waals surface area contributed by atoms with Crippen molar-refractivity contribution in [1.29, 1.82) is 0 Å². The first-order valence-electron chi connectivity index (χ1n) is 5.75. The van der Waals surface area contributed by atoms with Gasteiger partial charge in [-0.15, -0.1) is 0 Å². The standard InChI is InChI=1S/C16H12O3/c17-15-10-8-14(9-11-15)13-6-4-12(5-7-13)2-1-3-16(18)19/h4-11,17H,3H2,(H,18,19). The summed E-state index contributed by atoms with van der Waals surface area (Å²) in [7, 11) is 0. The van der Waals surface area contributed by atoms with Crippen LogP contribution < -0.4 is 0 Å². The molecule has 0 amide bonds. The summed E-state index contributed by atoms with van der Waals surface area (Å²) < 4.78 is 0. The maximum atomic E-state index is 10.3. The second kappa shape index (κ2) is 5.74. The summed E-state index contributed by atoms with van der Waals surface area (Å²) in [6.45, 7) is 0. The molecular formula is C16H12O3. The van der Waals surface area contributed by atoms with E-state index in [0.29, 0.717) is 0 Å². The van der Waals surface area contributed by atoms with E-state index in [1.807, 2.05) is 36.4 Å². The van der Waals surface area contributed by atoms with E-state index in [-0.39, 0.29) is 12.2 Å². The van der Waals surface area contributed by atoms with Gasteiger partial charge in [-0.25, -0.2) is 0 Å². The van der Waals surface area contributed by atoms with Crippen molar-refractivity contribution in [2.24, 2.45) is 0 Å². The number of hydrogen-bond acceptors (Lipinski definition) is 2. The lowest BCUT2D eigenvalue weighted by Crippen LogP contribution is -1.90. The molecule has 0 aliphatic carbocycles. The molecule has 0 spiro atoms. The molecule has 0 saturated carbocycles. The van der Waals surface area contributed by atoms with Crippen LogP contribution in [0.1, 0.15) is 12.0 Å². The van der Waals surface area contributed by atoms with E-state index in [0.717, 1.165) is 16.7 Å². The molecule has 94 valence electrons. The molecule has 0 bridgehead atoms. The van der Waals surface area contributed by atoms with E-state index in [2.05, 4.69) is 11.8 Å². The Hall–Kier alpha value is -2.73. The van der Waals surface area contributed by atoms with Crippen LogP contribution >= 0.6 is 0 Å². The topological polar surface area (TPSA) is 57.5 Å². The summed E-state index contributed by atoms with van der Waals surface area (Å²) in [5.41, 5.74) is 2.80. The van der Waals surface area contributed by atoms with Crippen LogP contribution in [0.15, 0.2) is 48.5 Å². The molecule has 0 aromatic heterocycles. The summed E-state index contributed by atoms with van der Waals surface area (Å²) in [4.78, 5) is 10.3. The number of aliphatic carboxylic acids is 1. The number of carboxylic acids is 1. The van der Waals surface area contributed by atoms with Crippen molar-refractivity contribution in [3.05, 3.63) is 54.1 Å². The molecule has 0 saturated heterocycles. The number of carboxylic acid groups (broad SMARTS) is 1. The molecule has 0 radical (unpaired) electrons. The fraction of sp³-hybridized carbons (Fsp3) is 0.0625. The third kappa shape index (κ3) is 3.62. The average Bonchev–Trinajstić information content (AvgIpc) is 2.40. The van der Waals surface area contributed by atoms with Gasteiger partial charge in [-0.1, -0.05) is 36.1 Å². The Morgan fingerprint density at radius 3 is 2.00 bits per heavy atom. The van der Waals surface area contributed by atoms with Crippen molar-refractivity contribution < 1.29 is 15.0 Å². The second-order valence-electron chi connectivity index (χ2n) is 4.00. The highest BCUT2D eigenvalue weighted by molar-refractivity contribution is 5.70. The Labute approximate surface area is 111 Å². The Morgan fingerprint density at radius 2 is 1.47 bits per heavy atom. The minimum atomic E-state index is -0.923. The number of hydrogen-bond donors (Lipinski definition) is 2. The number of phenolic OH excluding ortho intramolecular Hbond substituents is 1. The van der Waals surface area contributed by atoms with Crippen molar-refractivity contribution in [3.63, 3.8) is 0 Å². The van der Waals surface area contributed by atoms with E-state index in [4.69, 9.17) is 5.11 Å². The van der Waals surface area contributed by atoms with Crippen LogP contribution in [0.3, 0.4) is 0 Å². The molecule has 2 N–H and O–H groups in total. The van der Waals surface area contributed by atoms with Crippen molar-refractivity contribution >= 4 is 5.97 Å². The van der Waals surface area contributed by atoms with E-state index in [9.17, 15) is 9.90 Å². The maximum absolute atomic E-state index is 10.3. The van der Waals surface area contributed by atoms with Gasteiger partial charge in [0.05, 0.1) is 0 Å². The van der Waals surface area contributed by atoms with Crippen LogP contribution in [0.2, 0.25) is 0 Å². The number of rotatable bonds is 2. The van der Waals surface area contributed by atoms with Crippen LogP contribution in [-0.4, -0.2) is 16.2 Å². The van der Waals surface area contributed by atoms with Gasteiger partial charge in [0.2, 0.25) is 0 Å². The van der Waals surface area contributed by atoms with Crippen molar-refractivity contribution in [3.8, 4) is 28.7 Å². The van der Waals surface area contributed by atoms with Crippen molar-refractivity contribution in [2.75, 3.05) is 0 Å². The van der Waals surface area contributed by atoms with E-state index >= 15 is 0 Å². The summed E-state index contributed by atoms with van der Waals surface area (Å²) in [6.07, 6.45) is -0.153. The highest BCUT2D eigenvalue weighted by Gasteiger charge is 1.97. The molecular weight excluding hydrogens is 240 g/mol. The first-order chi connectivity index (χ1) is 9.15. The fourth-order valence-corrected chi connectivity index (χ4v) is 1.62. The fourth-order valence-electron chi connectivity index (χ4n) is 1.62. The third-order valence-electron chi connectivity index (χ3n) is 2.56. The van der Waals surface area contributed by atoms with Crippen LogP contribution in [0.4, 0.5) is 0 Å². The predicted molar refractivity (Wildman–Crippen MR) is 72.7 cm³/mol. The second-order valence-corrected chi connectivity index (χ2v) is 4.00. The molecule has 0 heterocycles. The zero-order valence-electron chi connectivity index (χ0n) is 10.1. The SMILES string of the molecule is O=C(O)CC#Cc1ccc(-c2ccc(O)cc2)cc1. The van der Waals surface area contributed by atoms with Crippen molar-refractivity contribution in [2.45, 2.75) is 6.42 Å². The molecule has 2 aromatic carbocycles. The van der Waals surface area contributed by atoms with Crippen LogP contribution in [0.25, 0.3) is 11.1 Å². The molecule has 3 heteroatoms. The number of carbonyl (C=O) groups is 1. The lowest BCUT2D eigenvalue weighted by Gasteiger charge is -2.01. The lowest BCUT2D eigenvalue weighted by molar-refractivity contribution is -0.135. The highest BCUT2D eigenvalue weighted by Crippen LogP contribution is 2.21. The molecule has 2 aromatic rings. The minimum absolute atomic E-state index is 0.153. The van der Waals surface area contributed by atoms with Gasteiger partial charge in [-0.3, -0.25) is 4.79 Å².